The standard InChI is InChI=1S/C15H20O5/c1-3-6-14(11(2)16)19-9-12(17)10-20-15-8-5-4-7-13(15)18/h3-8,12,16-18H,9-10H2,1-2H3/b6-3-,14-11-. The summed E-state index contributed by atoms with van der Waals surface area (Å²) in [5, 5.41) is 28.6. The molecule has 20 heavy (non-hydrogen) atoms. The lowest BCUT2D eigenvalue weighted by Gasteiger charge is -2.14. The maximum Gasteiger partial charge on any atom is 0.161 e. The van der Waals surface area contributed by atoms with Gasteiger partial charge in [0.25, 0.3) is 0 Å². The van der Waals surface area contributed by atoms with Gasteiger partial charge in [-0.1, -0.05) is 18.2 Å². The highest BCUT2D eigenvalue weighted by Crippen LogP contribution is 2.24. The molecule has 0 saturated carbocycles. The van der Waals surface area contributed by atoms with E-state index in [9.17, 15) is 15.3 Å². The number of hydrogen-bond acceptors (Lipinski definition) is 5. The predicted molar refractivity (Wildman–Crippen MR) is 75.7 cm³/mol. The van der Waals surface area contributed by atoms with E-state index in [1.165, 1.54) is 13.0 Å². The van der Waals surface area contributed by atoms with E-state index < -0.39 is 6.10 Å². The Bertz CT molecular complexity index is 475. The van der Waals surface area contributed by atoms with Crippen molar-refractivity contribution < 1.29 is 24.8 Å². The summed E-state index contributed by atoms with van der Waals surface area (Å²) in [6.07, 6.45) is 2.44. The van der Waals surface area contributed by atoms with Gasteiger partial charge in [0.15, 0.2) is 17.3 Å². The molecular weight excluding hydrogens is 260 g/mol. The summed E-state index contributed by atoms with van der Waals surface area (Å²) in [4.78, 5) is 0. The second kappa shape index (κ2) is 8.12. The Morgan fingerprint density at radius 1 is 1.30 bits per heavy atom. The van der Waals surface area contributed by atoms with E-state index in [0.29, 0.717) is 11.5 Å². The van der Waals surface area contributed by atoms with Gasteiger partial charge < -0.3 is 24.8 Å². The van der Waals surface area contributed by atoms with Gasteiger partial charge in [-0.15, -0.1) is 0 Å². The number of rotatable bonds is 7. The van der Waals surface area contributed by atoms with Gasteiger partial charge in [-0.25, -0.2) is 0 Å². The van der Waals surface area contributed by atoms with Crippen molar-refractivity contribution in [2.24, 2.45) is 0 Å². The molecule has 0 aliphatic rings. The third-order valence-electron chi connectivity index (χ3n) is 2.40. The Hall–Kier alpha value is -2.14. The largest absolute Gasteiger partial charge is 0.509 e. The monoisotopic (exact) mass is 280 g/mol. The Kier molecular flexibility index (Phi) is 6.46. The Morgan fingerprint density at radius 2 is 2.00 bits per heavy atom. The van der Waals surface area contributed by atoms with Gasteiger partial charge >= 0.3 is 0 Å². The molecule has 110 valence electrons. The zero-order valence-corrected chi connectivity index (χ0v) is 11.6. The van der Waals surface area contributed by atoms with Crippen LogP contribution in [0.3, 0.4) is 0 Å². The van der Waals surface area contributed by atoms with Gasteiger partial charge in [0, 0.05) is 0 Å². The van der Waals surface area contributed by atoms with Gasteiger partial charge in [0.1, 0.15) is 25.1 Å². The number of aliphatic hydroxyl groups excluding tert-OH is 2. The summed E-state index contributed by atoms with van der Waals surface area (Å²) in [5.41, 5.74) is 0. The Balaban J connectivity index is 2.43. The molecule has 0 aromatic heterocycles. The predicted octanol–water partition coefficient (Wildman–Crippen LogP) is 2.51. The van der Waals surface area contributed by atoms with Gasteiger partial charge in [-0.2, -0.15) is 0 Å². The van der Waals surface area contributed by atoms with Crippen LogP contribution in [0.15, 0.2) is 47.9 Å². The van der Waals surface area contributed by atoms with Crippen LogP contribution in [0.1, 0.15) is 13.8 Å². The number of phenolic OH excluding ortho intramolecular Hbond substituents is 1. The van der Waals surface area contributed by atoms with Crippen molar-refractivity contribution in [1.29, 1.82) is 0 Å². The first kappa shape index (κ1) is 15.9. The van der Waals surface area contributed by atoms with Crippen molar-refractivity contribution in [3.8, 4) is 11.5 Å². The number of aromatic hydroxyl groups is 1. The van der Waals surface area contributed by atoms with Crippen molar-refractivity contribution in [2.75, 3.05) is 13.2 Å². The summed E-state index contributed by atoms with van der Waals surface area (Å²) in [5.74, 6) is 0.654. The highest BCUT2D eigenvalue weighted by Gasteiger charge is 2.09. The second-order valence-corrected chi connectivity index (χ2v) is 4.19. The fourth-order valence-electron chi connectivity index (χ4n) is 1.42. The fraction of sp³-hybridized carbons (Fsp3) is 0.333. The van der Waals surface area contributed by atoms with Crippen molar-refractivity contribution >= 4 is 0 Å². The maximum atomic E-state index is 9.74. The van der Waals surface area contributed by atoms with E-state index in [2.05, 4.69) is 0 Å². The normalized spacial score (nSPS) is 13.9. The lowest BCUT2D eigenvalue weighted by Crippen LogP contribution is -2.23. The minimum Gasteiger partial charge on any atom is -0.509 e. The van der Waals surface area contributed by atoms with E-state index >= 15 is 0 Å². The molecule has 1 aromatic rings. The van der Waals surface area contributed by atoms with E-state index in [4.69, 9.17) is 9.47 Å². The third-order valence-corrected chi connectivity index (χ3v) is 2.40. The molecule has 0 radical (unpaired) electrons. The second-order valence-electron chi connectivity index (χ2n) is 4.19. The van der Waals surface area contributed by atoms with Crippen molar-refractivity contribution in [3.05, 3.63) is 47.9 Å². The van der Waals surface area contributed by atoms with E-state index in [1.54, 1.807) is 37.3 Å². The summed E-state index contributed by atoms with van der Waals surface area (Å²) in [6, 6.07) is 6.51. The van der Waals surface area contributed by atoms with Crippen LogP contribution in [0, 0.1) is 0 Å². The quantitative estimate of drug-likeness (QED) is 0.528. The first-order valence-electron chi connectivity index (χ1n) is 6.28. The molecule has 3 N–H and O–H groups in total. The molecule has 0 aliphatic heterocycles. The van der Waals surface area contributed by atoms with E-state index in [-0.39, 0.29) is 24.7 Å². The summed E-state index contributed by atoms with van der Waals surface area (Å²) in [7, 11) is 0. The number of allylic oxidation sites excluding steroid dienone is 3. The van der Waals surface area contributed by atoms with Crippen molar-refractivity contribution in [2.45, 2.75) is 20.0 Å². The lowest BCUT2D eigenvalue weighted by atomic mass is 10.3. The van der Waals surface area contributed by atoms with E-state index in [0.717, 1.165) is 0 Å². The topological polar surface area (TPSA) is 79.2 Å². The highest BCUT2D eigenvalue weighted by molar-refractivity contribution is 5.37. The van der Waals surface area contributed by atoms with Crippen LogP contribution >= 0.6 is 0 Å². The fourth-order valence-corrected chi connectivity index (χ4v) is 1.42. The molecule has 0 heterocycles. The van der Waals surface area contributed by atoms with Gasteiger partial charge in [-0.05, 0) is 32.1 Å². The zero-order valence-electron chi connectivity index (χ0n) is 11.6. The smallest absolute Gasteiger partial charge is 0.161 e. The molecule has 0 saturated heterocycles. The third kappa shape index (κ3) is 5.24. The molecule has 0 fully saturated rings. The molecule has 0 spiro atoms. The molecule has 1 unspecified atom stereocenters. The van der Waals surface area contributed by atoms with Crippen LogP contribution in [0.5, 0.6) is 11.5 Å². The van der Waals surface area contributed by atoms with Crippen LogP contribution < -0.4 is 4.74 Å². The molecule has 5 nitrogen and oxygen atoms in total. The van der Waals surface area contributed by atoms with Gasteiger partial charge in [-0.3, -0.25) is 0 Å². The Labute approximate surface area is 118 Å². The molecule has 0 bridgehead atoms. The number of benzene rings is 1. The average Bonchev–Trinajstić information content (AvgIpc) is 2.42. The Morgan fingerprint density at radius 3 is 2.60 bits per heavy atom. The zero-order chi connectivity index (χ0) is 15.0. The number of para-hydroxylation sites is 2. The average molecular weight is 280 g/mol. The first-order valence-corrected chi connectivity index (χ1v) is 6.28. The van der Waals surface area contributed by atoms with Crippen molar-refractivity contribution in [1.82, 2.24) is 0 Å². The number of ether oxygens (including phenoxy) is 2. The lowest BCUT2D eigenvalue weighted by molar-refractivity contribution is 0.0370. The summed E-state index contributed by atoms with van der Waals surface area (Å²) >= 11 is 0. The minimum absolute atomic E-state index is 0.0151. The van der Waals surface area contributed by atoms with Crippen LogP contribution in [-0.2, 0) is 4.74 Å². The number of hydrogen-bond donors (Lipinski definition) is 3. The first-order chi connectivity index (χ1) is 9.54. The van der Waals surface area contributed by atoms with Crippen LogP contribution in [0.4, 0.5) is 0 Å². The molecule has 1 rings (SSSR count). The van der Waals surface area contributed by atoms with Crippen LogP contribution in [0.2, 0.25) is 0 Å². The maximum absolute atomic E-state index is 9.74. The molecule has 0 amide bonds. The SMILES string of the molecule is C/C=C\C(OCC(O)COc1ccccc1O)=C(/C)O. The minimum atomic E-state index is -0.880. The molecular formula is C15H20O5. The molecule has 1 atom stereocenters. The number of phenols is 1. The highest BCUT2D eigenvalue weighted by atomic mass is 16.5. The molecule has 0 aliphatic carbocycles. The number of aliphatic hydroxyl groups is 2. The van der Waals surface area contributed by atoms with Crippen LogP contribution in [0.25, 0.3) is 0 Å². The van der Waals surface area contributed by atoms with Crippen molar-refractivity contribution in [3.63, 3.8) is 0 Å². The van der Waals surface area contributed by atoms with E-state index in [1.807, 2.05) is 0 Å². The molecule has 1 aromatic carbocycles. The van der Waals surface area contributed by atoms with Gasteiger partial charge in [0.2, 0.25) is 0 Å². The summed E-state index contributed by atoms with van der Waals surface area (Å²) < 4.78 is 10.5. The van der Waals surface area contributed by atoms with Gasteiger partial charge in [0.05, 0.1) is 0 Å². The molecule has 5 heteroatoms. The summed E-state index contributed by atoms with van der Waals surface area (Å²) in [6.45, 7) is 3.25. The van der Waals surface area contributed by atoms with Crippen LogP contribution in [-0.4, -0.2) is 34.6 Å².